The predicted octanol–water partition coefficient (Wildman–Crippen LogP) is 3.59. The molecule has 2 aliphatic heterocycles. The highest BCUT2D eigenvalue weighted by Crippen LogP contribution is 2.43. The smallest absolute Gasteiger partial charge is 0.315 e. The summed E-state index contributed by atoms with van der Waals surface area (Å²) >= 11 is 0. The Hall–Kier alpha value is -2.27. The van der Waals surface area contributed by atoms with Crippen LogP contribution in [0, 0.1) is 5.92 Å². The largest absolute Gasteiger partial charge is 0.462 e. The molecule has 1 aromatic rings. The predicted molar refractivity (Wildman–Crippen MR) is 102 cm³/mol. The van der Waals surface area contributed by atoms with E-state index in [1.165, 1.54) is 0 Å². The van der Waals surface area contributed by atoms with Crippen molar-refractivity contribution in [3.05, 3.63) is 47.2 Å². The number of aliphatic imine (C=N–C) groups is 1. The number of esters is 1. The van der Waals surface area contributed by atoms with Crippen molar-refractivity contribution in [2.45, 2.75) is 51.0 Å². The minimum Gasteiger partial charge on any atom is -0.462 e. The molecule has 0 saturated carbocycles. The summed E-state index contributed by atoms with van der Waals surface area (Å²) in [5, 5.41) is 0. The SMILES string of the molecule is CC1=NC2=C(C(=O)CCC2)[C@@H](c2ccccc2)C1C(=O)OC[C@H]1CCCO1. The van der Waals surface area contributed by atoms with Gasteiger partial charge in [0.2, 0.25) is 0 Å². The summed E-state index contributed by atoms with van der Waals surface area (Å²) < 4.78 is 11.2. The van der Waals surface area contributed by atoms with Crippen LogP contribution in [0.1, 0.15) is 50.5 Å². The van der Waals surface area contributed by atoms with E-state index in [1.807, 2.05) is 37.3 Å². The van der Waals surface area contributed by atoms with Crippen molar-refractivity contribution >= 4 is 17.5 Å². The lowest BCUT2D eigenvalue weighted by Crippen LogP contribution is -2.38. The summed E-state index contributed by atoms with van der Waals surface area (Å²) in [4.78, 5) is 30.4. The Morgan fingerprint density at radius 2 is 2.04 bits per heavy atom. The third-order valence-corrected chi connectivity index (χ3v) is 5.68. The number of hydrogen-bond acceptors (Lipinski definition) is 5. The lowest BCUT2D eigenvalue weighted by atomic mass is 9.72. The second kappa shape index (κ2) is 7.77. The number of rotatable bonds is 4. The fraction of sp³-hybridized carbons (Fsp3) is 0.500. The molecule has 3 atom stereocenters. The van der Waals surface area contributed by atoms with Crippen molar-refractivity contribution in [2.75, 3.05) is 13.2 Å². The number of benzene rings is 1. The number of carbonyl (C=O) groups excluding carboxylic acids is 2. The van der Waals surface area contributed by atoms with Gasteiger partial charge in [-0.1, -0.05) is 30.3 Å². The molecule has 5 heteroatoms. The van der Waals surface area contributed by atoms with E-state index < -0.39 is 5.92 Å². The molecule has 1 saturated heterocycles. The number of allylic oxidation sites excluding steroid dienone is 2. The molecule has 3 aliphatic rings. The van der Waals surface area contributed by atoms with Crippen molar-refractivity contribution in [2.24, 2.45) is 10.9 Å². The normalized spacial score (nSPS) is 28.0. The molecule has 0 bridgehead atoms. The minimum atomic E-state index is -0.561. The molecule has 27 heavy (non-hydrogen) atoms. The molecule has 0 N–H and O–H groups in total. The number of ether oxygens (including phenoxy) is 2. The van der Waals surface area contributed by atoms with E-state index in [9.17, 15) is 9.59 Å². The molecule has 1 fully saturated rings. The van der Waals surface area contributed by atoms with Gasteiger partial charge in [-0.3, -0.25) is 14.6 Å². The lowest BCUT2D eigenvalue weighted by molar-refractivity contribution is -0.149. The first-order valence-electron chi connectivity index (χ1n) is 9.79. The van der Waals surface area contributed by atoms with Crippen molar-refractivity contribution in [1.29, 1.82) is 0 Å². The molecule has 0 amide bonds. The fourth-order valence-corrected chi connectivity index (χ4v) is 4.37. The molecule has 1 aliphatic carbocycles. The topological polar surface area (TPSA) is 65.0 Å². The first-order chi connectivity index (χ1) is 13.1. The maximum atomic E-state index is 13.0. The van der Waals surface area contributed by atoms with Crippen LogP contribution in [0.25, 0.3) is 0 Å². The number of carbonyl (C=O) groups is 2. The summed E-state index contributed by atoms with van der Waals surface area (Å²) in [6.07, 6.45) is 4.04. The van der Waals surface area contributed by atoms with Crippen LogP contribution in [0.15, 0.2) is 46.6 Å². The number of ketones is 1. The summed E-state index contributed by atoms with van der Waals surface area (Å²) in [5.74, 6) is -1.08. The van der Waals surface area contributed by atoms with Crippen LogP contribution in [0.2, 0.25) is 0 Å². The average Bonchev–Trinajstić information content (AvgIpc) is 3.19. The zero-order chi connectivity index (χ0) is 18.8. The van der Waals surface area contributed by atoms with Gasteiger partial charge >= 0.3 is 5.97 Å². The van der Waals surface area contributed by atoms with Gasteiger partial charge in [0.15, 0.2) is 5.78 Å². The zero-order valence-corrected chi connectivity index (χ0v) is 15.6. The average molecular weight is 367 g/mol. The molecular weight excluding hydrogens is 342 g/mol. The summed E-state index contributed by atoms with van der Waals surface area (Å²) in [6, 6.07) is 9.79. The van der Waals surface area contributed by atoms with Crippen LogP contribution in [0.3, 0.4) is 0 Å². The standard InChI is InChI=1S/C22H25NO4/c1-14-19(22(25)27-13-16-9-6-12-26-16)20(15-7-3-2-4-8-15)21-17(23-14)10-5-11-18(21)24/h2-4,7-8,16,19-20H,5-6,9-13H2,1H3/t16-,19?,20+/m1/s1. The maximum Gasteiger partial charge on any atom is 0.315 e. The fourth-order valence-electron chi connectivity index (χ4n) is 4.37. The Balaban J connectivity index is 1.66. The number of nitrogens with zero attached hydrogens (tertiary/aromatic N) is 1. The van der Waals surface area contributed by atoms with Gasteiger partial charge in [0.1, 0.15) is 12.5 Å². The van der Waals surface area contributed by atoms with Crippen LogP contribution < -0.4 is 0 Å². The first kappa shape index (κ1) is 18.1. The molecular formula is C22H25NO4. The Morgan fingerprint density at radius 3 is 2.78 bits per heavy atom. The second-order valence-electron chi connectivity index (χ2n) is 7.52. The van der Waals surface area contributed by atoms with Crippen LogP contribution in [0.4, 0.5) is 0 Å². The van der Waals surface area contributed by atoms with Gasteiger partial charge in [-0.05, 0) is 38.2 Å². The monoisotopic (exact) mass is 367 g/mol. The lowest BCUT2D eigenvalue weighted by Gasteiger charge is -2.34. The summed E-state index contributed by atoms with van der Waals surface area (Å²) in [7, 11) is 0. The van der Waals surface area contributed by atoms with Gasteiger partial charge in [0.05, 0.1) is 6.10 Å². The van der Waals surface area contributed by atoms with Crippen LogP contribution in [0.5, 0.6) is 0 Å². The van der Waals surface area contributed by atoms with Crippen molar-refractivity contribution in [3.8, 4) is 0 Å². The van der Waals surface area contributed by atoms with Crippen molar-refractivity contribution in [3.63, 3.8) is 0 Å². The molecule has 0 spiro atoms. The third-order valence-electron chi connectivity index (χ3n) is 5.68. The highest BCUT2D eigenvalue weighted by Gasteiger charge is 2.43. The van der Waals surface area contributed by atoms with Gasteiger partial charge in [-0.25, -0.2) is 0 Å². The van der Waals surface area contributed by atoms with E-state index in [-0.39, 0.29) is 30.4 Å². The van der Waals surface area contributed by atoms with Crippen LogP contribution in [-0.2, 0) is 19.1 Å². The van der Waals surface area contributed by atoms with Crippen LogP contribution >= 0.6 is 0 Å². The highest BCUT2D eigenvalue weighted by molar-refractivity contribution is 6.08. The van der Waals surface area contributed by atoms with Gasteiger partial charge in [0, 0.05) is 35.9 Å². The molecule has 2 heterocycles. The Labute approximate surface area is 159 Å². The Morgan fingerprint density at radius 1 is 1.22 bits per heavy atom. The molecule has 0 aromatic heterocycles. The van der Waals surface area contributed by atoms with Crippen molar-refractivity contribution < 1.29 is 19.1 Å². The van der Waals surface area contributed by atoms with Gasteiger partial charge in [0.25, 0.3) is 0 Å². The number of hydrogen-bond donors (Lipinski definition) is 0. The van der Waals surface area contributed by atoms with E-state index in [4.69, 9.17) is 9.47 Å². The molecule has 142 valence electrons. The molecule has 1 unspecified atom stereocenters. The molecule has 0 radical (unpaired) electrons. The van der Waals surface area contributed by atoms with Crippen LogP contribution in [-0.4, -0.2) is 36.8 Å². The first-order valence-corrected chi connectivity index (χ1v) is 9.79. The van der Waals surface area contributed by atoms with Gasteiger partial charge in [-0.15, -0.1) is 0 Å². The molecule has 4 rings (SSSR count). The highest BCUT2D eigenvalue weighted by atomic mass is 16.6. The van der Waals surface area contributed by atoms with E-state index in [0.29, 0.717) is 12.0 Å². The Bertz CT molecular complexity index is 790. The molecule has 5 nitrogen and oxygen atoms in total. The quantitative estimate of drug-likeness (QED) is 0.763. The second-order valence-corrected chi connectivity index (χ2v) is 7.52. The maximum absolute atomic E-state index is 13.0. The number of Topliss-reactive ketones (excluding diaryl/α,β-unsaturated/α-hetero) is 1. The van der Waals surface area contributed by atoms with E-state index >= 15 is 0 Å². The Kier molecular flexibility index (Phi) is 5.21. The summed E-state index contributed by atoms with van der Waals surface area (Å²) in [5.41, 5.74) is 3.25. The van der Waals surface area contributed by atoms with E-state index in [1.54, 1.807) is 0 Å². The summed E-state index contributed by atoms with van der Waals surface area (Å²) in [6.45, 7) is 2.87. The van der Waals surface area contributed by atoms with Crippen molar-refractivity contribution in [1.82, 2.24) is 0 Å². The van der Waals surface area contributed by atoms with E-state index in [2.05, 4.69) is 4.99 Å². The molecule has 1 aromatic carbocycles. The van der Waals surface area contributed by atoms with Gasteiger partial charge < -0.3 is 9.47 Å². The van der Waals surface area contributed by atoms with E-state index in [0.717, 1.165) is 49.3 Å². The zero-order valence-electron chi connectivity index (χ0n) is 15.6. The van der Waals surface area contributed by atoms with Gasteiger partial charge in [-0.2, -0.15) is 0 Å². The third kappa shape index (κ3) is 3.61. The minimum absolute atomic E-state index is 0.0175.